The molecule has 0 spiro atoms. The maximum atomic E-state index is 12.6. The summed E-state index contributed by atoms with van der Waals surface area (Å²) in [5, 5.41) is 10.2. The van der Waals surface area contributed by atoms with E-state index in [1.807, 2.05) is 26.8 Å². The Labute approximate surface area is 163 Å². The van der Waals surface area contributed by atoms with Crippen LogP contribution in [0.5, 0.6) is 11.5 Å². The number of alkyl halides is 2. The highest BCUT2D eigenvalue weighted by Crippen LogP contribution is 2.26. The van der Waals surface area contributed by atoms with Crippen molar-refractivity contribution >= 4 is 5.96 Å². The van der Waals surface area contributed by atoms with Crippen LogP contribution in [0.25, 0.3) is 0 Å². The summed E-state index contributed by atoms with van der Waals surface area (Å²) in [6.45, 7) is 4.25. The summed E-state index contributed by atoms with van der Waals surface area (Å²) in [4.78, 5) is 4.44. The van der Waals surface area contributed by atoms with E-state index in [1.165, 1.54) is 13.2 Å². The van der Waals surface area contributed by atoms with Crippen LogP contribution in [0, 0.1) is 0 Å². The molecule has 154 valence electrons. The van der Waals surface area contributed by atoms with Crippen LogP contribution in [0.3, 0.4) is 0 Å². The van der Waals surface area contributed by atoms with Crippen LogP contribution < -0.4 is 20.1 Å². The first-order valence-corrected chi connectivity index (χ1v) is 9.02. The van der Waals surface area contributed by atoms with Crippen molar-refractivity contribution in [3.8, 4) is 11.5 Å². The fraction of sp³-hybridized carbons (Fsp3) is 0.474. The number of halogens is 2. The van der Waals surface area contributed by atoms with Gasteiger partial charge in [0.2, 0.25) is 0 Å². The van der Waals surface area contributed by atoms with Crippen molar-refractivity contribution in [2.24, 2.45) is 4.99 Å². The third-order valence-electron chi connectivity index (χ3n) is 3.83. The third-order valence-corrected chi connectivity index (χ3v) is 3.83. The molecule has 0 atom stereocenters. The van der Waals surface area contributed by atoms with Gasteiger partial charge in [0.05, 0.1) is 25.9 Å². The first kappa shape index (κ1) is 21.5. The second-order valence-corrected chi connectivity index (χ2v) is 6.27. The first-order chi connectivity index (χ1) is 13.4. The minimum Gasteiger partial charge on any atom is -0.497 e. The Morgan fingerprint density at radius 3 is 2.64 bits per heavy atom. The SMILES string of the molecule is CCNC(=NCc1cc(OC)ccc1OC(F)F)NCc1cc(C(C)C)no1. The Hall–Kier alpha value is -2.84. The number of nitrogens with zero attached hydrogens (tertiary/aromatic N) is 2. The highest BCUT2D eigenvalue weighted by atomic mass is 19.3. The molecule has 0 amide bonds. The van der Waals surface area contributed by atoms with Crippen molar-refractivity contribution in [3.05, 3.63) is 41.3 Å². The fourth-order valence-corrected chi connectivity index (χ4v) is 2.38. The van der Waals surface area contributed by atoms with Crippen LogP contribution in [0.4, 0.5) is 8.78 Å². The number of aromatic nitrogens is 1. The lowest BCUT2D eigenvalue weighted by Crippen LogP contribution is -2.36. The third kappa shape index (κ3) is 6.40. The van der Waals surface area contributed by atoms with Crippen LogP contribution >= 0.6 is 0 Å². The average molecular weight is 396 g/mol. The highest BCUT2D eigenvalue weighted by Gasteiger charge is 2.12. The van der Waals surface area contributed by atoms with Gasteiger partial charge in [0.1, 0.15) is 11.5 Å². The lowest BCUT2D eigenvalue weighted by atomic mass is 10.1. The smallest absolute Gasteiger partial charge is 0.387 e. The molecule has 0 aliphatic carbocycles. The van der Waals surface area contributed by atoms with Gasteiger partial charge < -0.3 is 24.6 Å². The van der Waals surface area contributed by atoms with Crippen molar-refractivity contribution in [3.63, 3.8) is 0 Å². The van der Waals surface area contributed by atoms with Gasteiger partial charge in [0.25, 0.3) is 0 Å². The van der Waals surface area contributed by atoms with Gasteiger partial charge in [-0.15, -0.1) is 0 Å². The number of rotatable bonds is 9. The van der Waals surface area contributed by atoms with E-state index in [4.69, 9.17) is 9.26 Å². The topological polar surface area (TPSA) is 80.9 Å². The summed E-state index contributed by atoms with van der Waals surface area (Å²) >= 11 is 0. The van der Waals surface area contributed by atoms with Crippen molar-refractivity contribution < 1.29 is 22.8 Å². The minimum atomic E-state index is -2.91. The summed E-state index contributed by atoms with van der Waals surface area (Å²) in [7, 11) is 1.50. The summed E-state index contributed by atoms with van der Waals surface area (Å²) in [6, 6.07) is 6.51. The highest BCUT2D eigenvalue weighted by molar-refractivity contribution is 5.79. The molecule has 9 heteroatoms. The second-order valence-electron chi connectivity index (χ2n) is 6.27. The van der Waals surface area contributed by atoms with E-state index in [0.29, 0.717) is 36.1 Å². The zero-order chi connectivity index (χ0) is 20.5. The summed E-state index contributed by atoms with van der Waals surface area (Å²) in [6.07, 6.45) is 0. The standard InChI is InChI=1S/C19H26F2N4O3/c1-5-22-19(24-11-15-9-16(12(2)3)25-28-15)23-10-13-8-14(26-4)6-7-17(13)27-18(20)21/h6-9,12,18H,5,10-11H2,1-4H3,(H2,22,23,24). The minimum absolute atomic E-state index is 0.0622. The van der Waals surface area contributed by atoms with Gasteiger partial charge >= 0.3 is 6.61 Å². The van der Waals surface area contributed by atoms with Gasteiger partial charge in [-0.1, -0.05) is 19.0 Å². The Morgan fingerprint density at radius 2 is 2.04 bits per heavy atom. The fourth-order valence-electron chi connectivity index (χ4n) is 2.38. The van der Waals surface area contributed by atoms with Crippen LogP contribution in [-0.2, 0) is 13.1 Å². The molecule has 1 heterocycles. The Balaban J connectivity index is 2.10. The predicted molar refractivity (Wildman–Crippen MR) is 102 cm³/mol. The van der Waals surface area contributed by atoms with Gasteiger partial charge in [-0.25, -0.2) is 4.99 Å². The van der Waals surface area contributed by atoms with Crippen LogP contribution in [0.2, 0.25) is 0 Å². The van der Waals surface area contributed by atoms with Crippen molar-refractivity contribution in [1.29, 1.82) is 0 Å². The van der Waals surface area contributed by atoms with E-state index >= 15 is 0 Å². The van der Waals surface area contributed by atoms with Crippen molar-refractivity contribution in [2.75, 3.05) is 13.7 Å². The summed E-state index contributed by atoms with van der Waals surface area (Å²) < 4.78 is 40.3. The Kier molecular flexibility index (Phi) is 8.03. The van der Waals surface area contributed by atoms with Gasteiger partial charge in [-0.2, -0.15) is 8.78 Å². The molecule has 2 N–H and O–H groups in total. The van der Waals surface area contributed by atoms with E-state index in [0.717, 1.165) is 5.69 Å². The molecule has 0 aliphatic heterocycles. The maximum absolute atomic E-state index is 12.6. The molecule has 2 aromatic rings. The van der Waals surface area contributed by atoms with E-state index in [9.17, 15) is 8.78 Å². The number of aliphatic imine (C=N–C) groups is 1. The number of hydrogen-bond donors (Lipinski definition) is 2. The van der Waals surface area contributed by atoms with Crippen LogP contribution in [0.15, 0.2) is 33.8 Å². The second kappa shape index (κ2) is 10.5. The lowest BCUT2D eigenvalue weighted by molar-refractivity contribution is -0.0504. The molecule has 1 aromatic heterocycles. The largest absolute Gasteiger partial charge is 0.497 e. The molecule has 0 saturated carbocycles. The number of hydrogen-bond acceptors (Lipinski definition) is 5. The number of benzene rings is 1. The molecule has 0 unspecified atom stereocenters. The summed E-state index contributed by atoms with van der Waals surface area (Å²) in [5.41, 5.74) is 1.36. The number of ether oxygens (including phenoxy) is 2. The predicted octanol–water partition coefficient (Wildman–Crippen LogP) is 3.66. The quantitative estimate of drug-likeness (QED) is 0.497. The molecule has 0 bridgehead atoms. The molecule has 0 saturated heterocycles. The van der Waals surface area contributed by atoms with E-state index in [1.54, 1.807) is 12.1 Å². The zero-order valence-electron chi connectivity index (χ0n) is 16.5. The van der Waals surface area contributed by atoms with E-state index in [2.05, 4.69) is 25.5 Å². The van der Waals surface area contributed by atoms with Crippen molar-refractivity contribution in [1.82, 2.24) is 15.8 Å². The van der Waals surface area contributed by atoms with Gasteiger partial charge in [-0.3, -0.25) is 0 Å². The van der Waals surface area contributed by atoms with Gasteiger partial charge in [-0.05, 0) is 31.0 Å². The molecule has 0 radical (unpaired) electrons. The molecule has 28 heavy (non-hydrogen) atoms. The normalized spacial score (nSPS) is 11.8. The van der Waals surface area contributed by atoms with Crippen LogP contribution in [0.1, 0.15) is 43.7 Å². The van der Waals surface area contributed by atoms with Gasteiger partial charge in [0, 0.05) is 18.2 Å². The molecule has 7 nitrogen and oxygen atoms in total. The van der Waals surface area contributed by atoms with E-state index < -0.39 is 6.61 Å². The Morgan fingerprint density at radius 1 is 1.25 bits per heavy atom. The Bertz CT molecular complexity index is 778. The molecular weight excluding hydrogens is 370 g/mol. The molecular formula is C19H26F2N4O3. The maximum Gasteiger partial charge on any atom is 0.387 e. The molecule has 0 aliphatic rings. The first-order valence-electron chi connectivity index (χ1n) is 9.02. The molecule has 1 aromatic carbocycles. The number of guanidine groups is 1. The average Bonchev–Trinajstić information content (AvgIpc) is 3.14. The number of methoxy groups -OCH3 is 1. The number of nitrogens with one attached hydrogen (secondary N) is 2. The van der Waals surface area contributed by atoms with E-state index in [-0.39, 0.29) is 18.2 Å². The zero-order valence-corrected chi connectivity index (χ0v) is 16.5. The lowest BCUT2D eigenvalue weighted by Gasteiger charge is -2.13. The summed E-state index contributed by atoms with van der Waals surface area (Å²) in [5.74, 6) is 2.06. The molecule has 2 rings (SSSR count). The monoisotopic (exact) mass is 396 g/mol. The molecule has 0 fully saturated rings. The van der Waals surface area contributed by atoms with Crippen molar-refractivity contribution in [2.45, 2.75) is 46.4 Å². The van der Waals surface area contributed by atoms with Gasteiger partial charge in [0.15, 0.2) is 11.7 Å². The van der Waals surface area contributed by atoms with Crippen LogP contribution in [-0.4, -0.2) is 31.4 Å².